The highest BCUT2D eigenvalue weighted by molar-refractivity contribution is 5.90. The Labute approximate surface area is 198 Å². The maximum atomic E-state index is 13.8. The molecule has 12 nitrogen and oxygen atoms in total. The van der Waals surface area contributed by atoms with Crippen molar-refractivity contribution in [1.82, 2.24) is 45.4 Å². The van der Waals surface area contributed by atoms with Gasteiger partial charge in [-0.3, -0.25) is 9.59 Å². The number of likely N-dealkylation sites (tertiary alicyclic amines) is 1. The number of carbonyl (C=O) groups excluding carboxylic acids is 2. The molecule has 2 aromatic heterocycles. The smallest absolute Gasteiger partial charge is 0.248 e. The molecule has 3 heterocycles. The number of carbonyl (C=O) groups is 2. The monoisotopic (exact) mass is 471 g/mol. The molecule has 12 heteroatoms. The zero-order chi connectivity index (χ0) is 24.0. The van der Waals surface area contributed by atoms with E-state index < -0.39 is 23.6 Å². The number of aromatic nitrogens is 7. The van der Waals surface area contributed by atoms with Gasteiger partial charge in [0.1, 0.15) is 12.1 Å². The summed E-state index contributed by atoms with van der Waals surface area (Å²) in [4.78, 5) is 28.4. The zero-order valence-electron chi connectivity index (χ0n) is 20.0. The van der Waals surface area contributed by atoms with Crippen molar-refractivity contribution in [3.05, 3.63) is 17.7 Å². The molecule has 2 N–H and O–H groups in total. The van der Waals surface area contributed by atoms with Crippen LogP contribution in [-0.2, 0) is 22.7 Å². The van der Waals surface area contributed by atoms with Crippen molar-refractivity contribution in [2.24, 2.45) is 11.3 Å². The maximum Gasteiger partial charge on any atom is 0.248 e. The van der Waals surface area contributed by atoms with Crippen LogP contribution in [0.15, 0.2) is 6.20 Å². The first kappa shape index (κ1) is 22.9. The van der Waals surface area contributed by atoms with Gasteiger partial charge in [-0.2, -0.15) is 0 Å². The number of rotatable bonds is 8. The second kappa shape index (κ2) is 8.71. The Hall–Kier alpha value is -2.89. The number of aliphatic hydroxyl groups is 1. The van der Waals surface area contributed by atoms with Gasteiger partial charge in [-0.1, -0.05) is 26.0 Å². The molecule has 0 radical (unpaired) electrons. The molecule has 3 aliphatic rings. The first-order valence-corrected chi connectivity index (χ1v) is 12.1. The van der Waals surface area contributed by atoms with Gasteiger partial charge >= 0.3 is 0 Å². The van der Waals surface area contributed by atoms with E-state index in [4.69, 9.17) is 0 Å². The van der Waals surface area contributed by atoms with Crippen LogP contribution in [0.3, 0.4) is 0 Å². The van der Waals surface area contributed by atoms with E-state index in [0.29, 0.717) is 17.7 Å². The Morgan fingerprint density at radius 2 is 1.94 bits per heavy atom. The third-order valence-corrected chi connectivity index (χ3v) is 6.86. The Morgan fingerprint density at radius 3 is 2.62 bits per heavy atom. The van der Waals surface area contributed by atoms with E-state index in [1.54, 1.807) is 9.36 Å². The lowest BCUT2D eigenvalue weighted by atomic mass is 9.85. The molecule has 34 heavy (non-hydrogen) atoms. The minimum absolute atomic E-state index is 0.104. The first-order valence-electron chi connectivity index (χ1n) is 12.1. The van der Waals surface area contributed by atoms with Crippen LogP contribution >= 0.6 is 0 Å². The van der Waals surface area contributed by atoms with Crippen molar-refractivity contribution < 1.29 is 14.7 Å². The second-order valence-electron chi connectivity index (χ2n) is 11.0. The predicted octanol–water partition coefficient (Wildman–Crippen LogP) is 0.417. The average Bonchev–Trinajstić information content (AvgIpc) is 3.65. The van der Waals surface area contributed by atoms with Crippen LogP contribution < -0.4 is 5.32 Å². The van der Waals surface area contributed by atoms with Crippen LogP contribution in [0.5, 0.6) is 0 Å². The second-order valence-corrected chi connectivity index (χ2v) is 11.0. The molecule has 5 rings (SSSR count). The van der Waals surface area contributed by atoms with Gasteiger partial charge in [0.15, 0.2) is 5.82 Å². The summed E-state index contributed by atoms with van der Waals surface area (Å²) < 4.78 is 3.35. The van der Waals surface area contributed by atoms with E-state index in [-0.39, 0.29) is 31.3 Å². The SMILES string of the molecule is CC(C)(C)[C@@H](C(=O)N1CC(O)CC1C(=O)NCc1nnnn1CC1CC1)n1cc(C2CC2)nn1. The van der Waals surface area contributed by atoms with Crippen LogP contribution in [0.25, 0.3) is 0 Å². The van der Waals surface area contributed by atoms with Crippen molar-refractivity contribution in [2.75, 3.05) is 6.54 Å². The molecule has 3 atom stereocenters. The number of hydrogen-bond acceptors (Lipinski definition) is 8. The van der Waals surface area contributed by atoms with E-state index in [2.05, 4.69) is 31.2 Å². The van der Waals surface area contributed by atoms with E-state index in [1.807, 2.05) is 27.0 Å². The number of hydrogen-bond donors (Lipinski definition) is 2. The van der Waals surface area contributed by atoms with Gasteiger partial charge in [0.2, 0.25) is 11.8 Å². The Balaban J connectivity index is 1.30. The first-order chi connectivity index (χ1) is 16.2. The minimum atomic E-state index is -0.772. The number of tetrazole rings is 1. The molecule has 0 aromatic carbocycles. The molecule has 2 saturated carbocycles. The van der Waals surface area contributed by atoms with Gasteiger partial charge in [-0.25, -0.2) is 9.36 Å². The van der Waals surface area contributed by atoms with Crippen molar-refractivity contribution in [2.45, 2.75) is 90.1 Å². The van der Waals surface area contributed by atoms with Crippen LogP contribution in [0.2, 0.25) is 0 Å². The van der Waals surface area contributed by atoms with E-state index in [0.717, 1.165) is 25.1 Å². The topological polar surface area (TPSA) is 144 Å². The molecule has 2 aliphatic carbocycles. The fourth-order valence-corrected chi connectivity index (χ4v) is 4.65. The summed E-state index contributed by atoms with van der Waals surface area (Å²) >= 11 is 0. The molecule has 2 aromatic rings. The summed E-state index contributed by atoms with van der Waals surface area (Å²) in [6.07, 6.45) is 5.81. The lowest BCUT2D eigenvalue weighted by molar-refractivity contribution is -0.144. The van der Waals surface area contributed by atoms with Crippen LogP contribution in [-0.4, -0.2) is 75.7 Å². The predicted molar refractivity (Wildman–Crippen MR) is 119 cm³/mol. The van der Waals surface area contributed by atoms with E-state index in [9.17, 15) is 14.7 Å². The lowest BCUT2D eigenvalue weighted by Gasteiger charge is -2.34. The van der Waals surface area contributed by atoms with Gasteiger partial charge < -0.3 is 15.3 Å². The highest BCUT2D eigenvalue weighted by atomic mass is 16.3. The molecule has 2 unspecified atom stereocenters. The van der Waals surface area contributed by atoms with E-state index >= 15 is 0 Å². The third kappa shape index (κ3) is 4.82. The normalized spacial score (nSPS) is 23.8. The fraction of sp³-hybridized carbons (Fsp3) is 0.773. The summed E-state index contributed by atoms with van der Waals surface area (Å²) in [6.45, 7) is 6.93. The summed E-state index contributed by atoms with van der Waals surface area (Å²) in [5.41, 5.74) is 0.437. The number of nitrogens with zero attached hydrogens (tertiary/aromatic N) is 8. The minimum Gasteiger partial charge on any atom is -0.391 e. The third-order valence-electron chi connectivity index (χ3n) is 6.86. The average molecular weight is 472 g/mol. The fourth-order valence-electron chi connectivity index (χ4n) is 4.65. The summed E-state index contributed by atoms with van der Waals surface area (Å²) in [5.74, 6) is 1.04. The van der Waals surface area contributed by atoms with Crippen molar-refractivity contribution in [3.63, 3.8) is 0 Å². The highest BCUT2D eigenvalue weighted by Gasteiger charge is 2.45. The Morgan fingerprint density at radius 1 is 1.18 bits per heavy atom. The van der Waals surface area contributed by atoms with Crippen LogP contribution in [0.4, 0.5) is 0 Å². The molecule has 0 bridgehead atoms. The largest absolute Gasteiger partial charge is 0.391 e. The van der Waals surface area contributed by atoms with Gasteiger partial charge in [-0.05, 0) is 47.4 Å². The summed E-state index contributed by atoms with van der Waals surface area (Å²) in [7, 11) is 0. The lowest BCUT2D eigenvalue weighted by Crippen LogP contribution is -2.50. The molecular formula is C22H33N9O3. The zero-order valence-corrected chi connectivity index (χ0v) is 20.0. The van der Waals surface area contributed by atoms with Crippen LogP contribution in [0.1, 0.15) is 76.4 Å². The number of amides is 2. The summed E-state index contributed by atoms with van der Waals surface area (Å²) in [6, 6.07) is -1.41. The standard InChI is InChI=1S/C22H33N9O3/c1-22(2,3)19(31-12-16(24-27-31)14-6-7-14)21(34)29-11-15(32)8-17(29)20(33)23-9-18-25-26-28-30(18)10-13-4-5-13/h12-15,17,19,32H,4-11H2,1-3H3,(H,23,33)/t15?,17?,19-/m1/s1. The van der Waals surface area contributed by atoms with Gasteiger partial charge in [-0.15, -0.1) is 10.2 Å². The number of β-amino-alcohol motifs (C(OH)–C–C–N with tert-alkyl or cyclic N) is 1. The molecule has 1 saturated heterocycles. The van der Waals surface area contributed by atoms with Gasteiger partial charge in [0.05, 0.1) is 18.3 Å². The number of nitrogens with one attached hydrogen (secondary N) is 1. The molecule has 3 fully saturated rings. The molecular weight excluding hydrogens is 438 g/mol. The quantitative estimate of drug-likeness (QED) is 0.564. The van der Waals surface area contributed by atoms with Gasteiger partial charge in [0, 0.05) is 31.6 Å². The van der Waals surface area contributed by atoms with E-state index in [1.165, 1.54) is 17.7 Å². The Kier molecular flexibility index (Phi) is 5.86. The maximum absolute atomic E-state index is 13.8. The van der Waals surface area contributed by atoms with Crippen molar-refractivity contribution in [1.29, 1.82) is 0 Å². The van der Waals surface area contributed by atoms with Crippen molar-refractivity contribution in [3.8, 4) is 0 Å². The highest BCUT2D eigenvalue weighted by Crippen LogP contribution is 2.40. The molecule has 0 spiro atoms. The molecule has 1 aliphatic heterocycles. The van der Waals surface area contributed by atoms with Gasteiger partial charge in [0.25, 0.3) is 0 Å². The molecule has 2 amide bonds. The van der Waals surface area contributed by atoms with Crippen molar-refractivity contribution >= 4 is 11.8 Å². The Bertz CT molecular complexity index is 1050. The molecule has 184 valence electrons. The van der Waals surface area contributed by atoms with Crippen LogP contribution in [0, 0.1) is 11.3 Å². The number of aliphatic hydroxyl groups excluding tert-OH is 1. The summed E-state index contributed by atoms with van der Waals surface area (Å²) in [5, 5.41) is 33.5.